The molecule has 6 heteroatoms. The predicted molar refractivity (Wildman–Crippen MR) is 186 cm³/mol. The Bertz CT molecular complexity index is 1590. The largest absolute Gasteiger partial charge is 0.371 e. The second-order valence-electron chi connectivity index (χ2n) is 14.2. The lowest BCUT2D eigenvalue weighted by Gasteiger charge is -2.38. The number of epoxide rings is 4. The van der Waals surface area contributed by atoms with E-state index in [1.54, 1.807) is 0 Å². The van der Waals surface area contributed by atoms with Gasteiger partial charge in [0.2, 0.25) is 0 Å². The van der Waals surface area contributed by atoms with Gasteiger partial charge in [-0.25, -0.2) is 0 Å². The molecule has 242 valence electrons. The summed E-state index contributed by atoms with van der Waals surface area (Å²) in [6, 6.07) is 37.8. The van der Waals surface area contributed by atoms with Crippen LogP contribution in [0.5, 0.6) is 0 Å². The van der Waals surface area contributed by atoms with Gasteiger partial charge >= 0.3 is 0 Å². The molecular weight excluding hydrogens is 584 g/mol. The van der Waals surface area contributed by atoms with Crippen molar-refractivity contribution in [3.63, 3.8) is 0 Å². The summed E-state index contributed by atoms with van der Waals surface area (Å²) in [5, 5.41) is 0. The molecule has 4 aliphatic heterocycles. The second kappa shape index (κ2) is 11.2. The molecule has 0 radical (unpaired) electrons. The molecule has 8 unspecified atom stereocenters. The normalized spacial score (nSPS) is 26.7. The molecule has 4 aromatic carbocycles. The van der Waals surface area contributed by atoms with Crippen molar-refractivity contribution in [3.05, 3.63) is 119 Å². The summed E-state index contributed by atoms with van der Waals surface area (Å²) in [5.41, 5.74) is 9.79. The van der Waals surface area contributed by atoms with Crippen molar-refractivity contribution in [1.29, 1.82) is 0 Å². The van der Waals surface area contributed by atoms with E-state index in [-0.39, 0.29) is 48.6 Å². The Morgan fingerprint density at radius 2 is 0.766 bits per heavy atom. The molecule has 0 bridgehead atoms. The Morgan fingerprint density at radius 1 is 0.468 bits per heavy atom. The third-order valence-corrected chi connectivity index (χ3v) is 11.5. The van der Waals surface area contributed by atoms with Crippen molar-refractivity contribution < 1.29 is 18.9 Å². The van der Waals surface area contributed by atoms with Gasteiger partial charge in [-0.2, -0.15) is 0 Å². The molecule has 8 atom stereocenters. The molecule has 0 aromatic heterocycles. The Hall–Kier alpha value is -3.68. The van der Waals surface area contributed by atoms with Crippen LogP contribution in [-0.4, -0.2) is 75.0 Å². The van der Waals surface area contributed by atoms with E-state index in [1.807, 2.05) is 0 Å². The molecule has 0 amide bonds. The Labute approximate surface area is 278 Å². The van der Waals surface area contributed by atoms with Crippen molar-refractivity contribution in [1.82, 2.24) is 0 Å². The average Bonchev–Trinajstić information content (AvgIpc) is 3.91. The third kappa shape index (κ3) is 4.91. The Balaban J connectivity index is 1.17. The molecule has 4 aromatic rings. The highest BCUT2D eigenvalue weighted by Crippen LogP contribution is 2.56. The minimum absolute atomic E-state index is 0.275. The van der Waals surface area contributed by atoms with E-state index in [0.717, 1.165) is 26.4 Å². The minimum atomic E-state index is -0.452. The first kappa shape index (κ1) is 29.5. The lowest BCUT2D eigenvalue weighted by Crippen LogP contribution is -2.46. The first-order valence-corrected chi connectivity index (χ1v) is 17.4. The summed E-state index contributed by atoms with van der Waals surface area (Å²) in [6.45, 7) is 12.5. The lowest BCUT2D eigenvalue weighted by molar-refractivity contribution is 0.331. The molecule has 1 aliphatic carbocycles. The fourth-order valence-corrected chi connectivity index (χ4v) is 8.53. The quantitative estimate of drug-likeness (QED) is 0.142. The maximum Gasteiger partial charge on any atom is 0.101 e. The highest BCUT2D eigenvalue weighted by molar-refractivity contribution is 5.86. The zero-order valence-corrected chi connectivity index (χ0v) is 27.7. The molecule has 5 aliphatic rings. The van der Waals surface area contributed by atoms with Gasteiger partial charge < -0.3 is 28.7 Å². The van der Waals surface area contributed by atoms with Crippen LogP contribution in [0.2, 0.25) is 0 Å². The van der Waals surface area contributed by atoms with Gasteiger partial charge in [0.1, 0.15) is 24.4 Å². The number of fused-ring (bicyclic) bond motifs is 3. The van der Waals surface area contributed by atoms with Gasteiger partial charge in [0.25, 0.3) is 0 Å². The minimum Gasteiger partial charge on any atom is -0.371 e. The SMILES string of the molecule is CC(C1CO1)N(c1ccc(C2(c3ccc(N(C(C)C4CO4)C(C)C4CO4)cc3)c3ccccc3-c3ccccc32)cc1)C(C)C1CO1. The maximum absolute atomic E-state index is 5.77. The van der Waals surface area contributed by atoms with Crippen LogP contribution in [0.3, 0.4) is 0 Å². The highest BCUT2D eigenvalue weighted by atomic mass is 16.6. The monoisotopic (exact) mass is 628 g/mol. The van der Waals surface area contributed by atoms with Gasteiger partial charge in [-0.3, -0.25) is 0 Å². The molecule has 0 spiro atoms. The number of hydrogen-bond donors (Lipinski definition) is 0. The standard InChI is InChI=1S/C41H44N2O4/c1-25(37-21-44-37)42(26(2)38-22-45-38)31-17-13-29(14-18-31)41(35-11-7-5-9-33(35)34-10-6-8-12-36(34)41)30-15-19-32(20-16-30)43(27(3)39-23-46-39)28(4)40-24-47-40/h5-20,25-28,37-40H,21-24H2,1-4H3. The number of nitrogens with zero attached hydrogens (tertiary/aromatic N) is 2. The third-order valence-electron chi connectivity index (χ3n) is 11.5. The summed E-state index contributed by atoms with van der Waals surface area (Å²) in [6.07, 6.45) is 1.10. The zero-order valence-electron chi connectivity index (χ0n) is 27.7. The maximum atomic E-state index is 5.77. The van der Waals surface area contributed by atoms with Crippen molar-refractivity contribution in [2.24, 2.45) is 0 Å². The van der Waals surface area contributed by atoms with Crippen LogP contribution >= 0.6 is 0 Å². The lowest BCUT2D eigenvalue weighted by atomic mass is 9.67. The summed E-state index contributed by atoms with van der Waals surface area (Å²) >= 11 is 0. The Kier molecular flexibility index (Phi) is 7.02. The van der Waals surface area contributed by atoms with E-state index in [0.29, 0.717) is 0 Å². The van der Waals surface area contributed by atoms with E-state index < -0.39 is 5.41 Å². The molecule has 9 rings (SSSR count). The van der Waals surface area contributed by atoms with Gasteiger partial charge in [0, 0.05) is 11.4 Å². The molecule has 4 fully saturated rings. The Morgan fingerprint density at radius 3 is 1.06 bits per heavy atom. The number of rotatable bonds is 12. The summed E-state index contributed by atoms with van der Waals surface area (Å²) < 4.78 is 23.1. The summed E-state index contributed by atoms with van der Waals surface area (Å²) in [4.78, 5) is 5.03. The van der Waals surface area contributed by atoms with Crippen molar-refractivity contribution in [2.45, 2.75) is 81.7 Å². The van der Waals surface area contributed by atoms with Gasteiger partial charge in [-0.05, 0) is 85.3 Å². The number of anilines is 2. The highest BCUT2D eigenvalue weighted by Gasteiger charge is 2.47. The predicted octanol–water partition coefficient (Wildman–Crippen LogP) is 6.81. The first-order chi connectivity index (χ1) is 23.0. The number of benzene rings is 4. The summed E-state index contributed by atoms with van der Waals surface area (Å²) in [7, 11) is 0. The van der Waals surface area contributed by atoms with Crippen LogP contribution in [0.25, 0.3) is 11.1 Å². The fourth-order valence-electron chi connectivity index (χ4n) is 8.53. The zero-order chi connectivity index (χ0) is 31.9. The molecule has 6 nitrogen and oxygen atoms in total. The molecule has 4 saturated heterocycles. The van der Waals surface area contributed by atoms with E-state index in [2.05, 4.69) is 135 Å². The van der Waals surface area contributed by atoms with Crippen LogP contribution in [0.4, 0.5) is 11.4 Å². The topological polar surface area (TPSA) is 56.6 Å². The molecule has 47 heavy (non-hydrogen) atoms. The molecule has 0 saturated carbocycles. The second-order valence-corrected chi connectivity index (χ2v) is 14.2. The summed E-state index contributed by atoms with van der Waals surface area (Å²) in [5.74, 6) is 0. The van der Waals surface area contributed by atoms with E-state index in [1.165, 1.54) is 44.8 Å². The number of ether oxygens (including phenoxy) is 4. The van der Waals surface area contributed by atoms with Gasteiger partial charge in [0.05, 0.1) is 56.0 Å². The van der Waals surface area contributed by atoms with Gasteiger partial charge in [0.15, 0.2) is 0 Å². The van der Waals surface area contributed by atoms with Crippen LogP contribution in [0, 0.1) is 0 Å². The van der Waals surface area contributed by atoms with Crippen molar-refractivity contribution in [2.75, 3.05) is 36.2 Å². The van der Waals surface area contributed by atoms with Gasteiger partial charge in [-0.1, -0.05) is 72.8 Å². The average molecular weight is 629 g/mol. The van der Waals surface area contributed by atoms with Crippen molar-refractivity contribution in [3.8, 4) is 11.1 Å². The van der Waals surface area contributed by atoms with Crippen LogP contribution in [0.1, 0.15) is 49.9 Å². The molecular formula is C41H44N2O4. The van der Waals surface area contributed by atoms with Crippen molar-refractivity contribution >= 4 is 11.4 Å². The van der Waals surface area contributed by atoms with E-state index >= 15 is 0 Å². The van der Waals surface area contributed by atoms with Crippen LogP contribution in [0.15, 0.2) is 97.1 Å². The molecule has 4 heterocycles. The van der Waals surface area contributed by atoms with E-state index in [4.69, 9.17) is 18.9 Å². The molecule has 0 N–H and O–H groups in total. The first-order valence-electron chi connectivity index (χ1n) is 17.4. The van der Waals surface area contributed by atoms with Crippen LogP contribution < -0.4 is 9.80 Å². The van der Waals surface area contributed by atoms with Crippen LogP contribution in [-0.2, 0) is 24.4 Å². The smallest absolute Gasteiger partial charge is 0.101 e. The number of hydrogen-bond acceptors (Lipinski definition) is 6. The van der Waals surface area contributed by atoms with Gasteiger partial charge in [-0.15, -0.1) is 0 Å². The van der Waals surface area contributed by atoms with E-state index in [9.17, 15) is 0 Å². The fraction of sp³-hybridized carbons (Fsp3) is 0.415.